The number of anilines is 1. The number of hydrogen-bond donors (Lipinski definition) is 2. The van der Waals surface area contributed by atoms with Crippen LogP contribution in [0.4, 0.5) is 5.69 Å². The van der Waals surface area contributed by atoms with Gasteiger partial charge in [0.05, 0.1) is 6.07 Å². The number of amides is 2. The maximum Gasteiger partial charge on any atom is 0.287 e. The van der Waals surface area contributed by atoms with Gasteiger partial charge < -0.3 is 15.5 Å². The molecule has 1 fully saturated rings. The predicted molar refractivity (Wildman–Crippen MR) is 103 cm³/mol. The zero-order valence-corrected chi connectivity index (χ0v) is 16.2. The maximum atomic E-state index is 10.9. The predicted octanol–water partition coefficient (Wildman–Crippen LogP) is 2.06. The second-order valence-electron chi connectivity index (χ2n) is 5.22. The van der Waals surface area contributed by atoms with Gasteiger partial charge in [0.25, 0.3) is 5.91 Å². The molecule has 1 aliphatic heterocycles. The number of nitrogens with one attached hydrogen (secondary N) is 2. The third-order valence-electron chi connectivity index (χ3n) is 3.04. The third-order valence-corrected chi connectivity index (χ3v) is 3.04. The Kier molecular flexibility index (Phi) is 16.8. The van der Waals surface area contributed by atoms with E-state index in [1.54, 1.807) is 0 Å². The van der Waals surface area contributed by atoms with Gasteiger partial charge in [0.2, 0.25) is 12.7 Å². The van der Waals surface area contributed by atoms with Gasteiger partial charge in [0.1, 0.15) is 6.04 Å². The van der Waals surface area contributed by atoms with Crippen LogP contribution in [0.1, 0.15) is 27.2 Å². The molecule has 2 unspecified atom stereocenters. The van der Waals surface area contributed by atoms with Gasteiger partial charge in [0.15, 0.2) is 0 Å². The summed E-state index contributed by atoms with van der Waals surface area (Å²) in [7, 11) is 3.75. The zero-order valence-electron chi connectivity index (χ0n) is 16.2. The Bertz CT molecular complexity index is 543. The molecule has 1 heterocycles. The lowest BCUT2D eigenvalue weighted by Gasteiger charge is -2.15. The SMILES string of the molecule is CC.CC1CC(C#N)N(C(=O)C=O)C1.CNC.O=CNc1ccccc1. The number of nitriles is 1. The Labute approximate surface area is 156 Å². The second-order valence-corrected chi connectivity index (χ2v) is 5.22. The Balaban J connectivity index is 0. The molecule has 1 saturated heterocycles. The van der Waals surface area contributed by atoms with Crippen LogP contribution in [-0.2, 0) is 14.4 Å². The minimum absolute atomic E-state index is 0.266. The first kappa shape index (κ1) is 25.5. The Hall–Kier alpha value is -2.72. The highest BCUT2D eigenvalue weighted by molar-refractivity contribution is 6.23. The topological polar surface area (TPSA) is 102 Å². The molecule has 1 aromatic rings. The highest BCUT2D eigenvalue weighted by Crippen LogP contribution is 2.21. The van der Waals surface area contributed by atoms with Crippen molar-refractivity contribution in [3.05, 3.63) is 30.3 Å². The molecular formula is C19H30N4O3. The lowest BCUT2D eigenvalue weighted by molar-refractivity contribution is -0.138. The molecule has 0 aliphatic carbocycles. The molecule has 26 heavy (non-hydrogen) atoms. The quantitative estimate of drug-likeness (QED) is 0.633. The van der Waals surface area contributed by atoms with Gasteiger partial charge in [-0.3, -0.25) is 14.4 Å². The van der Waals surface area contributed by atoms with E-state index in [1.807, 2.05) is 71.3 Å². The normalized spacial score (nSPS) is 16.8. The monoisotopic (exact) mass is 362 g/mol. The number of carbonyl (C=O) groups is 3. The molecule has 0 aromatic heterocycles. The standard InChI is InChI=1S/C8H10N2O2.C7H7NO.C2H7N.C2H6/c1-6-2-7(3-9)10(4-6)8(12)5-11;9-6-8-7-4-2-1-3-5-7;1-3-2;1-2/h5-7H,2,4H2,1H3;1-6H,(H,8,9);3H,1-2H3;1-2H3. The van der Waals surface area contributed by atoms with Crippen molar-refractivity contribution in [2.45, 2.75) is 33.2 Å². The first-order valence-electron chi connectivity index (χ1n) is 8.53. The molecule has 7 nitrogen and oxygen atoms in total. The van der Waals surface area contributed by atoms with Crippen LogP contribution in [0.3, 0.4) is 0 Å². The van der Waals surface area contributed by atoms with Crippen molar-refractivity contribution in [3.63, 3.8) is 0 Å². The van der Waals surface area contributed by atoms with E-state index in [0.717, 1.165) is 5.69 Å². The number of nitrogens with zero attached hydrogens (tertiary/aromatic N) is 2. The van der Waals surface area contributed by atoms with Gasteiger partial charge in [-0.05, 0) is 38.6 Å². The summed E-state index contributed by atoms with van der Waals surface area (Å²) >= 11 is 0. The van der Waals surface area contributed by atoms with E-state index < -0.39 is 11.9 Å². The van der Waals surface area contributed by atoms with E-state index in [2.05, 4.69) is 10.6 Å². The minimum Gasteiger partial charge on any atom is -0.329 e. The average Bonchev–Trinajstić information content (AvgIpc) is 3.06. The Morgan fingerprint density at radius 1 is 1.23 bits per heavy atom. The van der Waals surface area contributed by atoms with E-state index in [0.29, 0.717) is 25.3 Å². The van der Waals surface area contributed by atoms with Crippen LogP contribution in [0.15, 0.2) is 30.3 Å². The lowest BCUT2D eigenvalue weighted by Crippen LogP contribution is -2.35. The van der Waals surface area contributed by atoms with Gasteiger partial charge in [-0.25, -0.2) is 0 Å². The van der Waals surface area contributed by atoms with Crippen molar-refractivity contribution < 1.29 is 14.4 Å². The van der Waals surface area contributed by atoms with Crippen LogP contribution in [0.25, 0.3) is 0 Å². The molecule has 2 amide bonds. The summed E-state index contributed by atoms with van der Waals surface area (Å²) in [6.45, 7) is 6.48. The maximum absolute atomic E-state index is 10.9. The number of rotatable bonds is 3. The van der Waals surface area contributed by atoms with Crippen molar-refractivity contribution in [2.24, 2.45) is 5.92 Å². The number of para-hydroxylation sites is 1. The smallest absolute Gasteiger partial charge is 0.287 e. The van der Waals surface area contributed by atoms with Crippen molar-refractivity contribution in [2.75, 3.05) is 26.0 Å². The molecule has 2 N–H and O–H groups in total. The highest BCUT2D eigenvalue weighted by Gasteiger charge is 2.32. The largest absolute Gasteiger partial charge is 0.329 e. The van der Waals surface area contributed by atoms with Crippen LogP contribution in [0.5, 0.6) is 0 Å². The number of likely N-dealkylation sites (tertiary alicyclic amines) is 1. The van der Waals surface area contributed by atoms with Gasteiger partial charge in [-0.1, -0.05) is 39.0 Å². The second kappa shape index (κ2) is 17.1. The summed E-state index contributed by atoms with van der Waals surface area (Å²) in [5, 5.41) is 13.9. The fraction of sp³-hybridized carbons (Fsp3) is 0.474. The third kappa shape index (κ3) is 10.9. The highest BCUT2D eigenvalue weighted by atomic mass is 16.2. The summed E-state index contributed by atoms with van der Waals surface area (Å²) < 4.78 is 0. The van der Waals surface area contributed by atoms with Gasteiger partial charge in [0, 0.05) is 12.2 Å². The lowest BCUT2D eigenvalue weighted by atomic mass is 10.1. The van der Waals surface area contributed by atoms with Crippen molar-refractivity contribution in [1.29, 1.82) is 5.26 Å². The van der Waals surface area contributed by atoms with Crippen LogP contribution >= 0.6 is 0 Å². The van der Waals surface area contributed by atoms with Crippen molar-refractivity contribution in [1.82, 2.24) is 10.2 Å². The zero-order chi connectivity index (χ0) is 20.4. The van der Waals surface area contributed by atoms with E-state index in [4.69, 9.17) is 5.26 Å². The molecule has 0 bridgehead atoms. The van der Waals surface area contributed by atoms with E-state index in [9.17, 15) is 14.4 Å². The molecule has 144 valence electrons. The molecule has 2 rings (SSSR count). The summed E-state index contributed by atoms with van der Waals surface area (Å²) in [6, 6.07) is 10.9. The molecule has 1 aromatic carbocycles. The Morgan fingerprint density at radius 3 is 2.19 bits per heavy atom. The van der Waals surface area contributed by atoms with E-state index in [-0.39, 0.29) is 6.29 Å². The van der Waals surface area contributed by atoms with Gasteiger partial charge in [-0.2, -0.15) is 5.26 Å². The molecule has 0 spiro atoms. The van der Waals surface area contributed by atoms with Crippen LogP contribution < -0.4 is 10.6 Å². The molecule has 0 radical (unpaired) electrons. The summed E-state index contributed by atoms with van der Waals surface area (Å²) in [5.41, 5.74) is 0.826. The van der Waals surface area contributed by atoms with Crippen LogP contribution in [0, 0.1) is 17.2 Å². The average molecular weight is 362 g/mol. The first-order chi connectivity index (χ1) is 12.5. The fourth-order valence-corrected chi connectivity index (χ4v) is 2.08. The summed E-state index contributed by atoms with van der Waals surface area (Å²) in [4.78, 5) is 32.3. The number of benzene rings is 1. The Morgan fingerprint density at radius 2 is 1.77 bits per heavy atom. The molecule has 7 heteroatoms. The van der Waals surface area contributed by atoms with E-state index in [1.165, 1.54) is 4.90 Å². The number of carbonyl (C=O) groups excluding carboxylic acids is 3. The minimum atomic E-state index is -0.578. The van der Waals surface area contributed by atoms with Crippen LogP contribution in [0.2, 0.25) is 0 Å². The molecule has 2 atom stereocenters. The number of aldehydes is 1. The molecule has 1 aliphatic rings. The fourth-order valence-electron chi connectivity index (χ4n) is 2.08. The molecule has 0 saturated carbocycles. The first-order valence-corrected chi connectivity index (χ1v) is 8.53. The van der Waals surface area contributed by atoms with Gasteiger partial charge in [-0.15, -0.1) is 0 Å². The van der Waals surface area contributed by atoms with Crippen molar-refractivity contribution >= 4 is 24.3 Å². The molecular weight excluding hydrogens is 332 g/mol. The van der Waals surface area contributed by atoms with Crippen molar-refractivity contribution in [3.8, 4) is 6.07 Å². The van der Waals surface area contributed by atoms with E-state index >= 15 is 0 Å². The van der Waals surface area contributed by atoms with Crippen LogP contribution in [-0.4, -0.2) is 50.2 Å². The summed E-state index contributed by atoms with van der Waals surface area (Å²) in [5.74, 6) is -0.260. The summed E-state index contributed by atoms with van der Waals surface area (Å²) in [6.07, 6.45) is 1.60. The van der Waals surface area contributed by atoms with Gasteiger partial charge >= 0.3 is 0 Å². The number of hydrogen-bond acceptors (Lipinski definition) is 5.